The monoisotopic (exact) mass is 488 g/mol. The van der Waals surface area contributed by atoms with Crippen LogP contribution in [0, 0.1) is 0 Å². The van der Waals surface area contributed by atoms with Crippen LogP contribution in [0.4, 0.5) is 0 Å². The van der Waals surface area contributed by atoms with E-state index in [1.807, 2.05) is 12.1 Å². The number of carbonyl (C=O) groups is 1. The maximum Gasteiger partial charge on any atom is 0.342 e. The summed E-state index contributed by atoms with van der Waals surface area (Å²) in [6.07, 6.45) is 1.39. The summed E-state index contributed by atoms with van der Waals surface area (Å²) in [5, 5.41) is 18.6. The van der Waals surface area contributed by atoms with E-state index in [4.69, 9.17) is 36.8 Å². The fraction of sp³-hybridized carbons (Fsp3) is 0.0455. The predicted molar refractivity (Wildman–Crippen MR) is 122 cm³/mol. The van der Waals surface area contributed by atoms with Crippen LogP contribution in [0.1, 0.15) is 5.76 Å². The molecule has 10 heteroatoms. The fourth-order valence-corrected chi connectivity index (χ4v) is 3.72. The van der Waals surface area contributed by atoms with Gasteiger partial charge in [0.15, 0.2) is 0 Å². The quantitative estimate of drug-likeness (QED) is 0.231. The smallest absolute Gasteiger partial charge is 0.342 e. The number of thioether (sulfide) groups is 1. The molecule has 0 unspecified atom stereocenters. The van der Waals surface area contributed by atoms with Crippen molar-refractivity contribution in [1.29, 1.82) is 0 Å². The van der Waals surface area contributed by atoms with Gasteiger partial charge in [-0.25, -0.2) is 4.79 Å². The van der Waals surface area contributed by atoms with E-state index in [0.29, 0.717) is 32.9 Å². The number of methoxy groups -OCH3 is 1. The summed E-state index contributed by atoms with van der Waals surface area (Å²) in [7, 11) is 1.51. The van der Waals surface area contributed by atoms with Crippen LogP contribution in [0.2, 0.25) is 10.0 Å². The molecule has 1 N–H and O–H groups in total. The summed E-state index contributed by atoms with van der Waals surface area (Å²) in [5.41, 5.74) is 1.31. The van der Waals surface area contributed by atoms with E-state index in [9.17, 15) is 9.90 Å². The minimum absolute atomic E-state index is 0.0418. The minimum Gasteiger partial charge on any atom is -0.496 e. The van der Waals surface area contributed by atoms with Crippen molar-refractivity contribution in [3.8, 4) is 28.5 Å². The Bertz CT molecular complexity index is 1300. The van der Waals surface area contributed by atoms with Crippen molar-refractivity contribution in [1.82, 2.24) is 10.2 Å². The van der Waals surface area contributed by atoms with Gasteiger partial charge in [-0.15, -0.1) is 10.2 Å². The number of halogens is 2. The van der Waals surface area contributed by atoms with Crippen LogP contribution in [0.25, 0.3) is 28.9 Å². The maximum atomic E-state index is 11.8. The van der Waals surface area contributed by atoms with Crippen LogP contribution in [-0.4, -0.2) is 28.4 Å². The predicted octanol–water partition coefficient (Wildman–Crippen LogP) is 6.53. The standard InChI is InChI=1S/C22H14Cl2N2O5S/c1-29-18-8-6-14(24)10-16(18)20-25-26-22(31-20)32-19(21(27)28)11-15-7-9-17(30-15)12-2-4-13(23)5-3-12/h2-11H,1H3,(H,27,28)/b19-11-. The number of furan rings is 1. The van der Waals surface area contributed by atoms with E-state index in [-0.39, 0.29) is 16.0 Å². The first-order valence-corrected chi connectivity index (χ1v) is 10.7. The molecule has 162 valence electrons. The Morgan fingerprint density at radius 2 is 1.78 bits per heavy atom. The van der Waals surface area contributed by atoms with Gasteiger partial charge in [-0.2, -0.15) is 0 Å². The lowest BCUT2D eigenvalue weighted by atomic mass is 10.2. The van der Waals surface area contributed by atoms with Gasteiger partial charge in [-0.3, -0.25) is 0 Å². The Morgan fingerprint density at radius 1 is 1.03 bits per heavy atom. The summed E-state index contributed by atoms with van der Waals surface area (Å²) < 4.78 is 16.7. The van der Waals surface area contributed by atoms with Gasteiger partial charge in [0, 0.05) is 21.7 Å². The Balaban J connectivity index is 1.58. The molecule has 0 aliphatic carbocycles. The third-order valence-corrected chi connectivity index (χ3v) is 5.57. The molecule has 0 aliphatic rings. The van der Waals surface area contributed by atoms with Gasteiger partial charge >= 0.3 is 5.97 Å². The first kappa shape index (κ1) is 22.0. The molecule has 0 saturated heterocycles. The topological polar surface area (TPSA) is 98.6 Å². The normalized spacial score (nSPS) is 11.5. The lowest BCUT2D eigenvalue weighted by Crippen LogP contribution is -1.96. The van der Waals surface area contributed by atoms with E-state index in [1.165, 1.54) is 13.2 Å². The SMILES string of the molecule is COc1ccc(Cl)cc1-c1nnc(S/C(=C\c2ccc(-c3ccc(Cl)cc3)o2)C(=O)O)o1. The van der Waals surface area contributed by atoms with E-state index in [0.717, 1.165) is 17.3 Å². The Labute approximate surface area is 196 Å². The highest BCUT2D eigenvalue weighted by Gasteiger charge is 2.19. The lowest BCUT2D eigenvalue weighted by molar-refractivity contribution is -0.131. The summed E-state index contributed by atoms with van der Waals surface area (Å²) in [6.45, 7) is 0. The molecule has 0 fully saturated rings. The van der Waals surface area contributed by atoms with Gasteiger partial charge in [0.25, 0.3) is 11.1 Å². The first-order chi connectivity index (χ1) is 15.4. The molecule has 0 bridgehead atoms. The van der Waals surface area contributed by atoms with Crippen molar-refractivity contribution in [3.63, 3.8) is 0 Å². The molecular formula is C22H14Cl2N2O5S. The third-order valence-electron chi connectivity index (χ3n) is 4.24. The molecule has 32 heavy (non-hydrogen) atoms. The first-order valence-electron chi connectivity index (χ1n) is 9.09. The lowest BCUT2D eigenvalue weighted by Gasteiger charge is -2.04. The van der Waals surface area contributed by atoms with Crippen molar-refractivity contribution >= 4 is 47.0 Å². The highest BCUT2D eigenvalue weighted by atomic mass is 35.5. The van der Waals surface area contributed by atoms with Crippen LogP contribution < -0.4 is 4.74 Å². The molecule has 0 amide bonds. The molecule has 4 aromatic rings. The number of rotatable bonds is 7. The van der Waals surface area contributed by atoms with Gasteiger partial charge < -0.3 is 18.7 Å². The van der Waals surface area contributed by atoms with Crippen molar-refractivity contribution < 1.29 is 23.5 Å². The van der Waals surface area contributed by atoms with Crippen LogP contribution in [0.15, 0.2) is 73.6 Å². The van der Waals surface area contributed by atoms with Gasteiger partial charge in [-0.1, -0.05) is 23.2 Å². The maximum absolute atomic E-state index is 11.8. The van der Waals surface area contributed by atoms with Crippen LogP contribution >= 0.6 is 35.0 Å². The second kappa shape index (κ2) is 9.52. The summed E-state index contributed by atoms with van der Waals surface area (Å²) >= 11 is 12.8. The number of nitrogens with zero attached hydrogens (tertiary/aromatic N) is 2. The Kier molecular flexibility index (Phi) is 6.55. The zero-order valence-electron chi connectivity index (χ0n) is 16.4. The van der Waals surface area contributed by atoms with E-state index in [1.54, 1.807) is 42.5 Å². The minimum atomic E-state index is -1.17. The number of carboxylic acid groups (broad SMARTS) is 1. The second-order valence-corrected chi connectivity index (χ2v) is 8.21. The number of aliphatic carboxylic acids is 1. The molecule has 7 nitrogen and oxygen atoms in total. The fourth-order valence-electron chi connectivity index (χ4n) is 2.77. The zero-order valence-corrected chi connectivity index (χ0v) is 18.7. The average molecular weight is 489 g/mol. The highest BCUT2D eigenvalue weighted by molar-refractivity contribution is 8.03. The van der Waals surface area contributed by atoms with Gasteiger partial charge in [-0.05, 0) is 66.4 Å². The van der Waals surface area contributed by atoms with Crippen LogP contribution in [0.5, 0.6) is 5.75 Å². The second-order valence-electron chi connectivity index (χ2n) is 6.34. The number of benzene rings is 2. The van der Waals surface area contributed by atoms with Crippen molar-refractivity contribution in [2.45, 2.75) is 5.22 Å². The van der Waals surface area contributed by atoms with Crippen molar-refractivity contribution in [3.05, 3.63) is 75.3 Å². The van der Waals surface area contributed by atoms with Gasteiger partial charge in [0.1, 0.15) is 22.2 Å². The molecule has 0 aliphatic heterocycles. The molecule has 0 saturated carbocycles. The number of hydrogen-bond donors (Lipinski definition) is 1. The molecule has 0 radical (unpaired) electrons. The van der Waals surface area contributed by atoms with E-state index >= 15 is 0 Å². The average Bonchev–Trinajstić information content (AvgIpc) is 3.43. The third kappa shape index (κ3) is 4.99. The largest absolute Gasteiger partial charge is 0.496 e. The number of aromatic nitrogens is 2. The molecule has 4 rings (SSSR count). The summed E-state index contributed by atoms with van der Waals surface area (Å²) in [5.74, 6) is 0.417. The van der Waals surface area contributed by atoms with Crippen molar-refractivity contribution in [2.75, 3.05) is 7.11 Å². The van der Waals surface area contributed by atoms with E-state index < -0.39 is 5.97 Å². The Hall–Kier alpha value is -3.20. The van der Waals surface area contributed by atoms with Crippen molar-refractivity contribution in [2.24, 2.45) is 0 Å². The van der Waals surface area contributed by atoms with Gasteiger partial charge in [0.2, 0.25) is 0 Å². The summed E-state index contributed by atoms with van der Waals surface area (Å²) in [6, 6.07) is 15.5. The molecule has 2 aromatic heterocycles. The zero-order chi connectivity index (χ0) is 22.7. The molecule has 0 atom stereocenters. The number of ether oxygens (including phenoxy) is 1. The van der Waals surface area contributed by atoms with Gasteiger partial charge in [0.05, 0.1) is 12.7 Å². The van der Waals surface area contributed by atoms with E-state index in [2.05, 4.69) is 10.2 Å². The highest BCUT2D eigenvalue weighted by Crippen LogP contribution is 2.35. The number of carboxylic acids is 1. The van der Waals surface area contributed by atoms with Crippen LogP contribution in [0.3, 0.4) is 0 Å². The summed E-state index contributed by atoms with van der Waals surface area (Å²) in [4.78, 5) is 11.7. The molecule has 2 aromatic carbocycles. The molecule has 0 spiro atoms. The molecular weight excluding hydrogens is 475 g/mol. The van der Waals surface area contributed by atoms with Crippen LogP contribution in [-0.2, 0) is 4.79 Å². The Morgan fingerprint density at radius 3 is 2.50 bits per heavy atom. The molecule has 2 heterocycles. The number of hydrogen-bond acceptors (Lipinski definition) is 7.